The molecule has 0 bridgehead atoms. The maximum absolute atomic E-state index is 12.5. The van der Waals surface area contributed by atoms with E-state index >= 15 is 0 Å². The average Bonchev–Trinajstić information content (AvgIpc) is 3.32. The molecule has 6 heteroatoms. The first kappa shape index (κ1) is 64.6. The van der Waals surface area contributed by atoms with Crippen LogP contribution < -0.4 is 5.32 Å². The number of amides is 1. The van der Waals surface area contributed by atoms with Crippen molar-refractivity contribution in [1.29, 1.82) is 0 Å². The van der Waals surface area contributed by atoms with Crippen LogP contribution in [0.5, 0.6) is 0 Å². The molecule has 0 spiro atoms. The molecule has 0 aliphatic heterocycles. The van der Waals surface area contributed by atoms with Gasteiger partial charge in [-0.2, -0.15) is 0 Å². The maximum Gasteiger partial charge on any atom is 0.305 e. The Morgan fingerprint density at radius 3 is 1.08 bits per heavy atom. The number of ether oxygens (including phenoxy) is 1. The number of unbranched alkanes of at least 4 members (excludes halogenated alkanes) is 43. The minimum Gasteiger partial charge on any atom is -0.466 e. The Balaban J connectivity index is 3.36. The molecule has 66 heavy (non-hydrogen) atoms. The monoisotopic (exact) mass is 932 g/mol. The molecule has 0 aromatic heterocycles. The lowest BCUT2D eigenvalue weighted by molar-refractivity contribution is -0.143. The molecule has 0 radical (unpaired) electrons. The predicted molar refractivity (Wildman–Crippen MR) is 287 cm³/mol. The third-order valence-corrected chi connectivity index (χ3v) is 14.1. The van der Waals surface area contributed by atoms with Gasteiger partial charge in [-0.3, -0.25) is 9.59 Å². The number of carbonyl (C=O) groups is 2. The third-order valence-electron chi connectivity index (χ3n) is 14.1. The highest BCUT2D eigenvalue weighted by Crippen LogP contribution is 2.18. The van der Waals surface area contributed by atoms with E-state index in [0.29, 0.717) is 25.9 Å². The molecule has 0 heterocycles. The summed E-state index contributed by atoms with van der Waals surface area (Å²) < 4.78 is 5.48. The van der Waals surface area contributed by atoms with Gasteiger partial charge >= 0.3 is 5.97 Å². The normalized spacial score (nSPS) is 12.6. The van der Waals surface area contributed by atoms with Crippen LogP contribution in [-0.4, -0.2) is 47.4 Å². The first-order valence-corrected chi connectivity index (χ1v) is 29.9. The van der Waals surface area contributed by atoms with Crippen molar-refractivity contribution in [1.82, 2.24) is 5.32 Å². The summed E-state index contributed by atoms with van der Waals surface area (Å²) in [7, 11) is 0. The molecule has 6 nitrogen and oxygen atoms in total. The van der Waals surface area contributed by atoms with Gasteiger partial charge in [0.25, 0.3) is 0 Å². The fourth-order valence-corrected chi connectivity index (χ4v) is 9.46. The summed E-state index contributed by atoms with van der Waals surface area (Å²) in [4.78, 5) is 24.5. The van der Waals surface area contributed by atoms with E-state index in [9.17, 15) is 19.8 Å². The zero-order chi connectivity index (χ0) is 47.9. The summed E-state index contributed by atoms with van der Waals surface area (Å²) >= 11 is 0. The highest BCUT2D eigenvalue weighted by Gasteiger charge is 2.20. The lowest BCUT2D eigenvalue weighted by Gasteiger charge is -2.22. The van der Waals surface area contributed by atoms with E-state index in [0.717, 1.165) is 44.9 Å². The van der Waals surface area contributed by atoms with Crippen LogP contribution >= 0.6 is 0 Å². The van der Waals surface area contributed by atoms with E-state index in [1.54, 1.807) is 0 Å². The third kappa shape index (κ3) is 52.0. The molecular formula is C60H117NO5. The Kier molecular flexibility index (Phi) is 55.0. The molecule has 0 aliphatic rings. The Morgan fingerprint density at radius 2 is 0.712 bits per heavy atom. The summed E-state index contributed by atoms with van der Waals surface area (Å²) in [5, 5.41) is 23.2. The van der Waals surface area contributed by atoms with Crippen molar-refractivity contribution in [2.75, 3.05) is 13.2 Å². The number of hydrogen-bond donors (Lipinski definition) is 3. The molecule has 0 rings (SSSR count). The molecule has 3 N–H and O–H groups in total. The van der Waals surface area contributed by atoms with E-state index < -0.39 is 12.1 Å². The number of carbonyl (C=O) groups excluding carboxylic acids is 2. The largest absolute Gasteiger partial charge is 0.466 e. The van der Waals surface area contributed by atoms with Crippen molar-refractivity contribution in [3.05, 3.63) is 12.2 Å². The second-order valence-electron chi connectivity index (χ2n) is 20.7. The molecule has 1 amide bonds. The van der Waals surface area contributed by atoms with Gasteiger partial charge in [0.2, 0.25) is 5.91 Å². The highest BCUT2D eigenvalue weighted by atomic mass is 16.5. The summed E-state index contributed by atoms with van der Waals surface area (Å²) in [6.45, 7) is 4.96. The number of allylic oxidation sites excluding steroid dienone is 2. The van der Waals surface area contributed by atoms with Crippen LogP contribution in [0.2, 0.25) is 0 Å². The van der Waals surface area contributed by atoms with E-state index in [1.165, 1.54) is 257 Å². The molecule has 0 aromatic carbocycles. The topological polar surface area (TPSA) is 95.9 Å². The highest BCUT2D eigenvalue weighted by molar-refractivity contribution is 5.76. The van der Waals surface area contributed by atoms with Gasteiger partial charge in [-0.1, -0.05) is 283 Å². The van der Waals surface area contributed by atoms with Crippen LogP contribution in [0.1, 0.15) is 335 Å². The first-order chi connectivity index (χ1) is 32.5. The average molecular weight is 933 g/mol. The number of hydrogen-bond acceptors (Lipinski definition) is 5. The van der Waals surface area contributed by atoms with Gasteiger partial charge < -0.3 is 20.3 Å². The molecule has 0 fully saturated rings. The van der Waals surface area contributed by atoms with Gasteiger partial charge in [0.05, 0.1) is 25.4 Å². The molecule has 2 unspecified atom stereocenters. The van der Waals surface area contributed by atoms with Crippen LogP contribution in [0.15, 0.2) is 12.2 Å². The second-order valence-corrected chi connectivity index (χ2v) is 20.7. The van der Waals surface area contributed by atoms with Gasteiger partial charge in [-0.05, 0) is 51.4 Å². The van der Waals surface area contributed by atoms with Gasteiger partial charge in [0.15, 0.2) is 0 Å². The van der Waals surface area contributed by atoms with Crippen molar-refractivity contribution in [2.24, 2.45) is 0 Å². The minimum atomic E-state index is -0.663. The van der Waals surface area contributed by atoms with Gasteiger partial charge in [-0.15, -0.1) is 0 Å². The van der Waals surface area contributed by atoms with Crippen LogP contribution in [-0.2, 0) is 14.3 Å². The molecule has 2 atom stereocenters. The fraction of sp³-hybridized carbons (Fsp3) is 0.933. The van der Waals surface area contributed by atoms with Crippen molar-refractivity contribution in [3.63, 3.8) is 0 Å². The van der Waals surface area contributed by atoms with E-state index in [4.69, 9.17) is 4.74 Å². The zero-order valence-corrected chi connectivity index (χ0v) is 44.7. The number of rotatable bonds is 56. The fourth-order valence-electron chi connectivity index (χ4n) is 9.46. The minimum absolute atomic E-state index is 0.00515. The summed E-state index contributed by atoms with van der Waals surface area (Å²) in [6.07, 6.45) is 66.4. The zero-order valence-electron chi connectivity index (χ0n) is 44.7. The standard InChI is InChI=1S/C60H117NO5/c1-3-5-7-9-11-13-15-17-18-27-30-34-38-42-46-50-54-60(65)66-55-51-47-43-39-35-31-28-25-23-21-19-20-22-24-26-29-33-37-41-45-49-53-59(64)61-57(56-62)58(63)52-48-44-40-36-32-16-14-12-10-8-6-4-2/h18,27,57-58,62-63H,3-17,19-26,28-56H2,1-2H3,(H,61,64)/b27-18-. The molecule has 392 valence electrons. The molecule has 0 aliphatic carbocycles. The van der Waals surface area contributed by atoms with Gasteiger partial charge in [0.1, 0.15) is 0 Å². The van der Waals surface area contributed by atoms with Crippen LogP contribution in [0.25, 0.3) is 0 Å². The maximum atomic E-state index is 12.5. The molecule has 0 saturated carbocycles. The Hall–Kier alpha value is -1.40. The van der Waals surface area contributed by atoms with E-state index in [1.807, 2.05) is 0 Å². The molecule has 0 aromatic rings. The first-order valence-electron chi connectivity index (χ1n) is 29.9. The Labute approximate surface area is 412 Å². The van der Waals surface area contributed by atoms with Crippen molar-refractivity contribution < 1.29 is 24.5 Å². The van der Waals surface area contributed by atoms with Crippen molar-refractivity contribution >= 4 is 11.9 Å². The van der Waals surface area contributed by atoms with E-state index in [-0.39, 0.29) is 18.5 Å². The number of aliphatic hydroxyl groups is 2. The predicted octanol–water partition coefficient (Wildman–Crippen LogP) is 18.5. The lowest BCUT2D eigenvalue weighted by atomic mass is 10.0. The van der Waals surface area contributed by atoms with Gasteiger partial charge in [-0.25, -0.2) is 0 Å². The molecular weight excluding hydrogens is 815 g/mol. The molecule has 0 saturated heterocycles. The quantitative estimate of drug-likeness (QED) is 0.0321. The Morgan fingerprint density at radius 1 is 0.409 bits per heavy atom. The SMILES string of the molecule is CCCCCCCCC/C=C\CCCCCCCC(=O)OCCCCCCCCCCCCCCCCCCCCCCCC(=O)NC(CO)C(O)CCCCCCCCCCCCCC. The van der Waals surface area contributed by atoms with Gasteiger partial charge in [0, 0.05) is 12.8 Å². The Bertz CT molecular complexity index is 986. The summed E-state index contributed by atoms with van der Waals surface area (Å²) in [5.74, 6) is -0.0300. The lowest BCUT2D eigenvalue weighted by Crippen LogP contribution is -2.45. The van der Waals surface area contributed by atoms with Crippen LogP contribution in [0.4, 0.5) is 0 Å². The van der Waals surface area contributed by atoms with Crippen molar-refractivity contribution in [3.8, 4) is 0 Å². The van der Waals surface area contributed by atoms with Crippen LogP contribution in [0.3, 0.4) is 0 Å². The van der Waals surface area contributed by atoms with Crippen LogP contribution in [0, 0.1) is 0 Å². The number of esters is 1. The summed E-state index contributed by atoms with van der Waals surface area (Å²) in [6, 6.07) is -0.540. The van der Waals surface area contributed by atoms with E-state index in [2.05, 4.69) is 31.3 Å². The second kappa shape index (κ2) is 56.2. The van der Waals surface area contributed by atoms with Crippen molar-refractivity contribution in [2.45, 2.75) is 347 Å². The summed E-state index contributed by atoms with van der Waals surface area (Å²) in [5.41, 5.74) is 0. The number of aliphatic hydroxyl groups excluding tert-OH is 2. The smallest absolute Gasteiger partial charge is 0.305 e. The number of nitrogens with one attached hydrogen (secondary N) is 1.